The van der Waals surface area contributed by atoms with Gasteiger partial charge in [0.05, 0.1) is 16.6 Å². The zero-order chi connectivity index (χ0) is 23.0. The molecule has 1 aliphatic heterocycles. The number of fused-ring (bicyclic) bond motifs is 1. The van der Waals surface area contributed by atoms with Crippen molar-refractivity contribution in [1.82, 2.24) is 15.1 Å². The second kappa shape index (κ2) is 9.12. The molecule has 0 radical (unpaired) electrons. The smallest absolute Gasteiger partial charge is 0.255 e. The molecule has 168 valence electrons. The molecule has 1 fully saturated rings. The van der Waals surface area contributed by atoms with Crippen LogP contribution in [-0.2, 0) is 16.1 Å². The first-order chi connectivity index (χ1) is 15.3. The summed E-state index contributed by atoms with van der Waals surface area (Å²) in [4.78, 5) is 42.3. The third-order valence-corrected chi connectivity index (χ3v) is 6.62. The van der Waals surface area contributed by atoms with Gasteiger partial charge in [-0.25, -0.2) is 0 Å². The van der Waals surface area contributed by atoms with Gasteiger partial charge >= 0.3 is 0 Å². The number of halogens is 2. The highest BCUT2D eigenvalue weighted by molar-refractivity contribution is 6.42. The second-order valence-corrected chi connectivity index (χ2v) is 9.33. The summed E-state index contributed by atoms with van der Waals surface area (Å²) in [6.45, 7) is 4.03. The number of amides is 3. The monoisotopic (exact) mass is 473 g/mol. The van der Waals surface area contributed by atoms with Crippen LogP contribution in [0, 0.1) is 0 Å². The number of hydrogen-bond acceptors (Lipinski definition) is 3. The Morgan fingerprint density at radius 2 is 1.84 bits per heavy atom. The normalized spacial score (nSPS) is 17.5. The summed E-state index contributed by atoms with van der Waals surface area (Å²) in [6.07, 6.45) is 1.79. The third kappa shape index (κ3) is 4.48. The summed E-state index contributed by atoms with van der Waals surface area (Å²) in [7, 11) is 0. The molecular weight excluding hydrogens is 449 g/mol. The molecule has 3 amide bonds. The minimum atomic E-state index is -0.693. The Morgan fingerprint density at radius 3 is 2.50 bits per heavy atom. The SMILES string of the molecule is CC(C)N(Cc1ccc(Cl)c(Cl)c1)C(=O)CNC(=O)C1c2ccccc2C(=O)N1C1CC1. The van der Waals surface area contributed by atoms with E-state index in [0.717, 1.165) is 18.4 Å². The maximum absolute atomic E-state index is 13.1. The van der Waals surface area contributed by atoms with Gasteiger partial charge < -0.3 is 15.1 Å². The largest absolute Gasteiger partial charge is 0.345 e. The van der Waals surface area contributed by atoms with E-state index < -0.39 is 6.04 Å². The van der Waals surface area contributed by atoms with Crippen molar-refractivity contribution in [2.24, 2.45) is 0 Å². The number of carbonyl (C=O) groups is 3. The van der Waals surface area contributed by atoms with Crippen molar-refractivity contribution in [1.29, 1.82) is 0 Å². The van der Waals surface area contributed by atoms with E-state index >= 15 is 0 Å². The molecule has 6 nitrogen and oxygen atoms in total. The molecular formula is C24H25Cl2N3O3. The lowest BCUT2D eigenvalue weighted by molar-refractivity contribution is -0.135. The van der Waals surface area contributed by atoms with Crippen LogP contribution < -0.4 is 5.32 Å². The number of nitrogens with zero attached hydrogens (tertiary/aromatic N) is 2. The van der Waals surface area contributed by atoms with Gasteiger partial charge in [0.15, 0.2) is 0 Å². The van der Waals surface area contributed by atoms with E-state index in [1.54, 1.807) is 34.1 Å². The minimum absolute atomic E-state index is 0.0781. The van der Waals surface area contributed by atoms with Crippen molar-refractivity contribution in [2.75, 3.05) is 6.54 Å². The molecule has 0 saturated heterocycles. The van der Waals surface area contributed by atoms with Crippen LogP contribution in [0.25, 0.3) is 0 Å². The summed E-state index contributed by atoms with van der Waals surface area (Å²) < 4.78 is 0. The summed E-state index contributed by atoms with van der Waals surface area (Å²) in [5.41, 5.74) is 2.11. The van der Waals surface area contributed by atoms with Crippen LogP contribution in [0.1, 0.15) is 54.2 Å². The first kappa shape index (κ1) is 22.6. The van der Waals surface area contributed by atoms with E-state index in [4.69, 9.17) is 23.2 Å². The maximum atomic E-state index is 13.1. The van der Waals surface area contributed by atoms with E-state index in [9.17, 15) is 14.4 Å². The van der Waals surface area contributed by atoms with Crippen molar-refractivity contribution in [3.63, 3.8) is 0 Å². The molecule has 2 aromatic rings. The molecule has 0 aromatic heterocycles. The second-order valence-electron chi connectivity index (χ2n) is 8.52. The van der Waals surface area contributed by atoms with Gasteiger partial charge in [-0.3, -0.25) is 14.4 Å². The Hall–Kier alpha value is -2.57. The zero-order valence-electron chi connectivity index (χ0n) is 18.0. The van der Waals surface area contributed by atoms with E-state index in [0.29, 0.717) is 27.7 Å². The molecule has 0 bridgehead atoms. The predicted molar refractivity (Wildman–Crippen MR) is 124 cm³/mol. The lowest BCUT2D eigenvalue weighted by atomic mass is 10.0. The Bertz CT molecular complexity index is 1070. The summed E-state index contributed by atoms with van der Waals surface area (Å²) in [5.74, 6) is -0.658. The van der Waals surface area contributed by atoms with Crippen molar-refractivity contribution in [3.05, 3.63) is 69.2 Å². The fourth-order valence-electron chi connectivity index (χ4n) is 4.09. The van der Waals surface area contributed by atoms with Crippen LogP contribution in [-0.4, -0.2) is 46.1 Å². The highest BCUT2D eigenvalue weighted by Crippen LogP contribution is 2.41. The third-order valence-electron chi connectivity index (χ3n) is 5.88. The van der Waals surface area contributed by atoms with E-state index in [1.807, 2.05) is 32.0 Å². The molecule has 2 aliphatic rings. The summed E-state index contributed by atoms with van der Waals surface area (Å²) in [6, 6.07) is 11.8. The molecule has 4 rings (SSSR count). The summed E-state index contributed by atoms with van der Waals surface area (Å²) in [5, 5.41) is 3.65. The van der Waals surface area contributed by atoms with Gasteiger partial charge in [0.2, 0.25) is 11.8 Å². The van der Waals surface area contributed by atoms with Crippen molar-refractivity contribution in [2.45, 2.75) is 51.4 Å². The Balaban J connectivity index is 1.45. The maximum Gasteiger partial charge on any atom is 0.255 e. The lowest BCUT2D eigenvalue weighted by Crippen LogP contribution is -2.46. The highest BCUT2D eigenvalue weighted by Gasteiger charge is 2.47. The van der Waals surface area contributed by atoms with Crippen molar-refractivity contribution < 1.29 is 14.4 Å². The number of hydrogen-bond donors (Lipinski definition) is 1. The molecule has 1 atom stereocenters. The van der Waals surface area contributed by atoms with Crippen molar-refractivity contribution in [3.8, 4) is 0 Å². The fraction of sp³-hybridized carbons (Fsp3) is 0.375. The van der Waals surface area contributed by atoms with Crippen LogP contribution in [0.3, 0.4) is 0 Å². The highest BCUT2D eigenvalue weighted by atomic mass is 35.5. The molecule has 0 spiro atoms. The standard InChI is InChI=1S/C24H25Cl2N3O3/c1-14(2)28(13-15-7-10-19(25)20(26)11-15)21(30)12-27-23(31)22-17-5-3-4-6-18(17)24(32)29(22)16-8-9-16/h3-7,10-11,14,16,22H,8-9,12-13H2,1-2H3,(H,27,31). The molecule has 8 heteroatoms. The number of rotatable bonds is 7. The van der Waals surface area contributed by atoms with Crippen LogP contribution in [0.5, 0.6) is 0 Å². The van der Waals surface area contributed by atoms with E-state index in [2.05, 4.69) is 5.32 Å². The van der Waals surface area contributed by atoms with Gasteiger partial charge in [0, 0.05) is 24.2 Å². The molecule has 1 heterocycles. The van der Waals surface area contributed by atoms with Gasteiger partial charge in [0.1, 0.15) is 6.04 Å². The number of carbonyl (C=O) groups excluding carboxylic acids is 3. The molecule has 1 unspecified atom stereocenters. The van der Waals surface area contributed by atoms with E-state index in [-0.39, 0.29) is 36.3 Å². The number of benzene rings is 2. The Kier molecular flexibility index (Phi) is 6.45. The van der Waals surface area contributed by atoms with Gasteiger partial charge in [0.25, 0.3) is 5.91 Å². The van der Waals surface area contributed by atoms with Crippen LogP contribution >= 0.6 is 23.2 Å². The van der Waals surface area contributed by atoms with E-state index in [1.165, 1.54) is 0 Å². The van der Waals surface area contributed by atoms with Crippen LogP contribution in [0.4, 0.5) is 0 Å². The molecule has 32 heavy (non-hydrogen) atoms. The molecule has 1 N–H and O–H groups in total. The topological polar surface area (TPSA) is 69.7 Å². The molecule has 2 aromatic carbocycles. The molecule has 1 aliphatic carbocycles. The lowest BCUT2D eigenvalue weighted by Gasteiger charge is -2.28. The first-order valence-electron chi connectivity index (χ1n) is 10.7. The average molecular weight is 474 g/mol. The average Bonchev–Trinajstić information content (AvgIpc) is 3.56. The van der Waals surface area contributed by atoms with Crippen molar-refractivity contribution >= 4 is 40.9 Å². The molecule has 1 saturated carbocycles. The predicted octanol–water partition coefficient (Wildman–Crippen LogP) is 4.21. The van der Waals surface area contributed by atoms with Gasteiger partial charge in [-0.15, -0.1) is 0 Å². The first-order valence-corrected chi connectivity index (χ1v) is 11.5. The van der Waals surface area contributed by atoms with Crippen LogP contribution in [0.15, 0.2) is 42.5 Å². The van der Waals surface area contributed by atoms with Gasteiger partial charge in [-0.1, -0.05) is 47.5 Å². The fourth-order valence-corrected chi connectivity index (χ4v) is 4.41. The van der Waals surface area contributed by atoms with Gasteiger partial charge in [-0.05, 0) is 56.0 Å². The Labute approximate surface area is 197 Å². The Morgan fingerprint density at radius 1 is 1.12 bits per heavy atom. The quantitative estimate of drug-likeness (QED) is 0.654. The van der Waals surface area contributed by atoms with Gasteiger partial charge in [-0.2, -0.15) is 0 Å². The summed E-state index contributed by atoms with van der Waals surface area (Å²) >= 11 is 12.1. The zero-order valence-corrected chi connectivity index (χ0v) is 19.5. The number of nitrogens with one attached hydrogen (secondary N) is 1. The minimum Gasteiger partial charge on any atom is -0.345 e. The van der Waals surface area contributed by atoms with Crippen LogP contribution in [0.2, 0.25) is 10.0 Å².